The van der Waals surface area contributed by atoms with Gasteiger partial charge in [-0.3, -0.25) is 9.89 Å². The molecule has 1 spiro atoms. The van der Waals surface area contributed by atoms with Gasteiger partial charge in [0.05, 0.1) is 18.4 Å². The van der Waals surface area contributed by atoms with Crippen molar-refractivity contribution in [3.8, 4) is 0 Å². The molecule has 10 heteroatoms. The number of aromatic amines is 1. The third-order valence-electron chi connectivity index (χ3n) is 7.98. The van der Waals surface area contributed by atoms with Gasteiger partial charge < -0.3 is 11.1 Å². The molecule has 6 rings (SSSR count). The molecule has 2 atom stereocenters. The van der Waals surface area contributed by atoms with Crippen LogP contribution in [0.5, 0.6) is 0 Å². The van der Waals surface area contributed by atoms with Crippen LogP contribution < -0.4 is 15.5 Å². The summed E-state index contributed by atoms with van der Waals surface area (Å²) in [5, 5.41) is 11.0. The zero-order valence-electron chi connectivity index (χ0n) is 20.0. The van der Waals surface area contributed by atoms with Gasteiger partial charge in [0, 0.05) is 36.2 Å². The molecule has 1 aliphatic heterocycles. The van der Waals surface area contributed by atoms with Gasteiger partial charge in [0.25, 0.3) is 5.91 Å². The average molecular weight is 478 g/mol. The summed E-state index contributed by atoms with van der Waals surface area (Å²) in [6.45, 7) is 4.80. The summed E-state index contributed by atoms with van der Waals surface area (Å²) < 4.78 is 13.8. The molecule has 2 unspecified atom stereocenters. The smallest absolute Gasteiger partial charge is 0.337 e. The number of hydrogen-bond acceptors (Lipinski definition) is 6. The van der Waals surface area contributed by atoms with Crippen molar-refractivity contribution in [2.75, 3.05) is 11.9 Å². The van der Waals surface area contributed by atoms with Crippen molar-refractivity contribution >= 4 is 29.2 Å². The van der Waals surface area contributed by atoms with Crippen molar-refractivity contribution < 1.29 is 9.18 Å². The first-order valence-corrected chi connectivity index (χ1v) is 12.3. The predicted molar refractivity (Wildman–Crippen MR) is 130 cm³/mol. The van der Waals surface area contributed by atoms with Crippen molar-refractivity contribution in [1.82, 2.24) is 29.6 Å². The Morgan fingerprint density at radius 2 is 2.11 bits per heavy atom. The summed E-state index contributed by atoms with van der Waals surface area (Å²) in [7, 11) is 0. The number of carbonyl (C=O) groups is 1. The van der Waals surface area contributed by atoms with Crippen molar-refractivity contribution in [3.63, 3.8) is 0 Å². The number of pyridine rings is 1. The van der Waals surface area contributed by atoms with E-state index in [1.54, 1.807) is 6.07 Å². The van der Waals surface area contributed by atoms with E-state index in [-0.39, 0.29) is 9.90 Å². The highest BCUT2D eigenvalue weighted by Gasteiger charge is 2.54. The van der Waals surface area contributed by atoms with Crippen molar-refractivity contribution in [1.29, 1.82) is 0 Å². The number of nitrogens with two attached hydrogens (primary N) is 1. The Kier molecular flexibility index (Phi) is 4.93. The maximum atomic E-state index is 13.7. The standard InChI is InChI=1S/C25H29FN8O/c1-14(2)17-10-21(33-32-17)30-23-16-11-25(7-8-25)12-18(16)29-24(31-23)34(9-3-4-19(34)22(27)35)15-5-6-20(26)28-13-15/h5-6,10,13-14,19H,3-4,7-9,11-12H2,1-2H3,(H3-,27,29,30,31,32,33,35)/p+1. The number of nitrogens with one attached hydrogen (secondary N) is 2. The van der Waals surface area contributed by atoms with Crippen LogP contribution in [0.2, 0.25) is 0 Å². The Morgan fingerprint density at radius 3 is 2.77 bits per heavy atom. The Labute approximate surface area is 203 Å². The molecule has 0 bridgehead atoms. The number of fused-ring (bicyclic) bond motifs is 1. The highest BCUT2D eigenvalue weighted by Crippen LogP contribution is 2.57. The molecule has 1 saturated heterocycles. The van der Waals surface area contributed by atoms with Gasteiger partial charge in [-0.05, 0) is 43.1 Å². The maximum Gasteiger partial charge on any atom is 0.337 e. The molecule has 1 amide bonds. The quantitative estimate of drug-likeness (QED) is 0.367. The van der Waals surface area contributed by atoms with Gasteiger partial charge in [-0.25, -0.2) is 9.47 Å². The van der Waals surface area contributed by atoms with E-state index in [2.05, 4.69) is 34.3 Å². The second kappa shape index (κ2) is 7.81. The van der Waals surface area contributed by atoms with E-state index in [9.17, 15) is 9.18 Å². The van der Waals surface area contributed by atoms with Crippen LogP contribution in [0.1, 0.15) is 62.4 Å². The number of H-pyrrole nitrogens is 1. The largest absolute Gasteiger partial charge is 0.364 e. The number of nitrogens with zero attached hydrogens (tertiary/aromatic N) is 5. The monoisotopic (exact) mass is 477 g/mol. The Balaban J connectivity index is 1.50. The normalized spacial score (nSPS) is 24.2. The number of anilines is 2. The lowest BCUT2D eigenvalue weighted by Crippen LogP contribution is -2.55. The van der Waals surface area contributed by atoms with Crippen LogP contribution in [0, 0.1) is 11.4 Å². The molecule has 2 fully saturated rings. The third-order valence-corrected chi connectivity index (χ3v) is 7.98. The number of rotatable bonds is 6. The summed E-state index contributed by atoms with van der Waals surface area (Å²) in [5.74, 6) is 1.24. The van der Waals surface area contributed by atoms with Crippen LogP contribution in [0.4, 0.5) is 27.7 Å². The van der Waals surface area contributed by atoms with Crippen LogP contribution >= 0.6 is 0 Å². The van der Waals surface area contributed by atoms with Gasteiger partial charge in [-0.15, -0.1) is 0 Å². The summed E-state index contributed by atoms with van der Waals surface area (Å²) in [4.78, 5) is 26.6. The highest BCUT2D eigenvalue weighted by atomic mass is 19.1. The van der Waals surface area contributed by atoms with Gasteiger partial charge in [0.15, 0.2) is 17.5 Å². The van der Waals surface area contributed by atoms with Gasteiger partial charge in [0.1, 0.15) is 5.82 Å². The fraction of sp³-hybridized carbons (Fsp3) is 0.480. The highest BCUT2D eigenvalue weighted by molar-refractivity contribution is 5.84. The summed E-state index contributed by atoms with van der Waals surface area (Å²) in [6, 6.07) is 4.42. The molecular formula is C25H30FN8O+. The lowest BCUT2D eigenvalue weighted by molar-refractivity contribution is -0.121. The SMILES string of the molecule is CC(C)c1cc(Nc2nc([N+]3(c4ccc(F)nc4)CCCC3C(N)=O)nc3c2CC2(CC2)C3)n[nH]1. The van der Waals surface area contributed by atoms with E-state index in [1.165, 1.54) is 25.1 Å². The number of hydrogen-bond donors (Lipinski definition) is 3. The molecule has 35 heavy (non-hydrogen) atoms. The molecular weight excluding hydrogens is 447 g/mol. The minimum atomic E-state index is -0.575. The zero-order valence-corrected chi connectivity index (χ0v) is 20.0. The first kappa shape index (κ1) is 22.1. The summed E-state index contributed by atoms with van der Waals surface area (Å²) >= 11 is 0. The number of primary amides is 1. The molecule has 3 aromatic rings. The van der Waals surface area contributed by atoms with Gasteiger partial charge in [-0.1, -0.05) is 13.8 Å². The molecule has 182 valence electrons. The van der Waals surface area contributed by atoms with Crippen molar-refractivity contribution in [3.05, 3.63) is 47.3 Å². The van der Waals surface area contributed by atoms with Crippen LogP contribution in [0.3, 0.4) is 0 Å². The first-order chi connectivity index (χ1) is 16.8. The number of amides is 1. The molecule has 4 N–H and O–H groups in total. The molecule has 0 radical (unpaired) electrons. The van der Waals surface area contributed by atoms with Crippen molar-refractivity contribution in [2.45, 2.75) is 64.3 Å². The molecule has 3 aliphatic rings. The molecule has 0 aromatic carbocycles. The molecule has 1 saturated carbocycles. The van der Waals surface area contributed by atoms with E-state index in [0.717, 1.165) is 42.0 Å². The topological polar surface area (TPSA) is 122 Å². The fourth-order valence-electron chi connectivity index (χ4n) is 5.81. The minimum absolute atomic E-state index is 0.0510. The fourth-order valence-corrected chi connectivity index (χ4v) is 5.81. The summed E-state index contributed by atoms with van der Waals surface area (Å²) in [6.07, 6.45) is 7.06. The lowest BCUT2D eigenvalue weighted by Gasteiger charge is -2.35. The molecule has 9 nitrogen and oxygen atoms in total. The van der Waals surface area contributed by atoms with E-state index in [4.69, 9.17) is 15.7 Å². The van der Waals surface area contributed by atoms with E-state index in [1.807, 2.05) is 6.07 Å². The average Bonchev–Trinajstić information content (AvgIpc) is 3.20. The molecule has 4 heterocycles. The van der Waals surface area contributed by atoms with Crippen molar-refractivity contribution in [2.24, 2.45) is 11.1 Å². The number of carbonyl (C=O) groups excluding carboxylic acids is 1. The lowest BCUT2D eigenvalue weighted by atomic mass is 10.0. The van der Waals surface area contributed by atoms with Gasteiger partial charge in [-0.2, -0.15) is 19.5 Å². The Bertz CT molecular complexity index is 1300. The maximum absolute atomic E-state index is 13.7. The number of halogens is 1. The van der Waals surface area contributed by atoms with Crippen LogP contribution in [-0.2, 0) is 17.6 Å². The number of aromatic nitrogens is 5. The van der Waals surface area contributed by atoms with Crippen LogP contribution in [0.25, 0.3) is 0 Å². The minimum Gasteiger partial charge on any atom is -0.364 e. The zero-order chi connectivity index (χ0) is 24.4. The summed E-state index contributed by atoms with van der Waals surface area (Å²) in [5.41, 5.74) is 10.0. The van der Waals surface area contributed by atoms with E-state index >= 15 is 0 Å². The second-order valence-electron chi connectivity index (χ2n) is 10.6. The second-order valence-corrected chi connectivity index (χ2v) is 10.6. The van der Waals surface area contributed by atoms with E-state index in [0.29, 0.717) is 36.3 Å². The first-order valence-electron chi connectivity index (χ1n) is 12.3. The Hall–Kier alpha value is -3.40. The van der Waals surface area contributed by atoms with Gasteiger partial charge in [0.2, 0.25) is 5.95 Å². The van der Waals surface area contributed by atoms with Gasteiger partial charge >= 0.3 is 5.95 Å². The predicted octanol–water partition coefficient (Wildman–Crippen LogP) is 3.77. The third kappa shape index (κ3) is 3.58. The molecule has 2 aliphatic carbocycles. The van der Waals surface area contributed by atoms with Crippen LogP contribution in [0.15, 0.2) is 24.4 Å². The Morgan fingerprint density at radius 1 is 1.29 bits per heavy atom. The molecule has 3 aromatic heterocycles. The van der Waals surface area contributed by atoms with Crippen LogP contribution in [-0.4, -0.2) is 43.6 Å². The number of quaternary nitrogens is 1. The van der Waals surface area contributed by atoms with E-state index < -0.39 is 17.9 Å².